The lowest BCUT2D eigenvalue weighted by Crippen LogP contribution is -2.14. The molecular weight excluding hydrogens is 330 g/mol. The summed E-state index contributed by atoms with van der Waals surface area (Å²) in [6.07, 6.45) is 1.48. The quantitative estimate of drug-likeness (QED) is 0.638. The van der Waals surface area contributed by atoms with Gasteiger partial charge in [-0.25, -0.2) is 0 Å². The van der Waals surface area contributed by atoms with Crippen molar-refractivity contribution in [2.24, 2.45) is 0 Å². The van der Waals surface area contributed by atoms with Gasteiger partial charge in [0.15, 0.2) is 6.61 Å². The molecule has 130 valence electrons. The Morgan fingerprint density at radius 1 is 1.19 bits per heavy atom. The summed E-state index contributed by atoms with van der Waals surface area (Å²) in [5.41, 5.74) is 2.08. The topological polar surface area (TPSA) is 95.1 Å². The maximum Gasteiger partial charge on any atom is 0.266 e. The smallest absolute Gasteiger partial charge is 0.266 e. The summed E-state index contributed by atoms with van der Waals surface area (Å²) in [5.74, 6) is 0.526. The lowest BCUT2D eigenvalue weighted by Gasteiger charge is -2.10. The van der Waals surface area contributed by atoms with E-state index in [1.165, 1.54) is 13.2 Å². The Labute approximate surface area is 151 Å². The van der Waals surface area contributed by atoms with E-state index in [-0.39, 0.29) is 12.2 Å². The highest BCUT2D eigenvalue weighted by Crippen LogP contribution is 2.26. The molecule has 0 radical (unpaired) electrons. The van der Waals surface area contributed by atoms with Crippen molar-refractivity contribution in [1.82, 2.24) is 0 Å². The maximum absolute atomic E-state index is 12.4. The molecule has 6 nitrogen and oxygen atoms in total. The maximum atomic E-state index is 12.4. The summed E-state index contributed by atoms with van der Waals surface area (Å²) in [4.78, 5) is 12.4. The van der Waals surface area contributed by atoms with Crippen LogP contribution in [0.3, 0.4) is 0 Å². The van der Waals surface area contributed by atoms with Crippen LogP contribution in [-0.4, -0.2) is 19.6 Å². The van der Waals surface area contributed by atoms with Gasteiger partial charge in [0, 0.05) is 0 Å². The number of carbonyl (C=O) groups excluding carboxylic acids is 1. The number of nitrogens with zero attached hydrogens (tertiary/aromatic N) is 2. The van der Waals surface area contributed by atoms with Gasteiger partial charge < -0.3 is 14.8 Å². The van der Waals surface area contributed by atoms with Crippen molar-refractivity contribution in [2.75, 3.05) is 19.0 Å². The third-order valence-corrected chi connectivity index (χ3v) is 3.46. The summed E-state index contributed by atoms with van der Waals surface area (Å²) in [5, 5.41) is 20.5. The van der Waals surface area contributed by atoms with Crippen molar-refractivity contribution in [1.29, 1.82) is 10.5 Å². The Hall–Kier alpha value is -3.77. The van der Waals surface area contributed by atoms with Crippen LogP contribution in [0.2, 0.25) is 0 Å². The first-order chi connectivity index (χ1) is 12.6. The lowest BCUT2D eigenvalue weighted by molar-refractivity contribution is -0.112. The summed E-state index contributed by atoms with van der Waals surface area (Å²) in [7, 11) is 1.51. The van der Waals surface area contributed by atoms with E-state index in [9.17, 15) is 10.1 Å². The molecule has 2 aromatic rings. The molecule has 0 saturated carbocycles. The van der Waals surface area contributed by atoms with E-state index >= 15 is 0 Å². The van der Waals surface area contributed by atoms with E-state index in [0.29, 0.717) is 22.7 Å². The second-order valence-electron chi connectivity index (χ2n) is 5.34. The number of nitriles is 2. The van der Waals surface area contributed by atoms with Crippen LogP contribution in [0.15, 0.2) is 48.0 Å². The standard InChI is InChI=1S/C20H17N3O3/c1-14-3-8-19(25-2)18(11-14)23-20(24)16(13-22)12-15-4-6-17(7-5-15)26-10-9-21/h3-8,11-12H,10H2,1-2H3,(H,23,24)/b16-12+. The van der Waals surface area contributed by atoms with Crippen molar-refractivity contribution in [3.8, 4) is 23.6 Å². The lowest BCUT2D eigenvalue weighted by atomic mass is 10.1. The van der Waals surface area contributed by atoms with Gasteiger partial charge in [-0.15, -0.1) is 0 Å². The number of hydrogen-bond donors (Lipinski definition) is 1. The van der Waals surface area contributed by atoms with Crippen LogP contribution in [0, 0.1) is 29.6 Å². The molecule has 0 spiro atoms. The number of ether oxygens (including phenoxy) is 2. The highest BCUT2D eigenvalue weighted by atomic mass is 16.5. The van der Waals surface area contributed by atoms with Gasteiger partial charge in [0.05, 0.1) is 12.8 Å². The number of rotatable bonds is 6. The second-order valence-corrected chi connectivity index (χ2v) is 5.34. The predicted molar refractivity (Wildman–Crippen MR) is 97.5 cm³/mol. The van der Waals surface area contributed by atoms with Crippen molar-refractivity contribution in [3.05, 3.63) is 59.2 Å². The molecule has 0 aliphatic rings. The van der Waals surface area contributed by atoms with E-state index in [1.807, 2.05) is 25.1 Å². The first kappa shape index (κ1) is 18.6. The Kier molecular flexibility index (Phi) is 6.36. The molecule has 0 fully saturated rings. The number of benzene rings is 2. The summed E-state index contributed by atoms with van der Waals surface area (Å²) in [6.45, 7) is 1.85. The molecule has 0 aromatic heterocycles. The average Bonchev–Trinajstić information content (AvgIpc) is 2.65. The van der Waals surface area contributed by atoms with Crippen LogP contribution in [0.4, 0.5) is 5.69 Å². The fourth-order valence-electron chi connectivity index (χ4n) is 2.20. The van der Waals surface area contributed by atoms with E-state index in [2.05, 4.69) is 5.32 Å². The number of carbonyl (C=O) groups is 1. The molecule has 0 saturated heterocycles. The molecule has 0 heterocycles. The minimum atomic E-state index is -0.527. The number of methoxy groups -OCH3 is 1. The SMILES string of the molecule is COc1ccc(C)cc1NC(=O)/C(C#N)=C/c1ccc(OCC#N)cc1. The van der Waals surface area contributed by atoms with E-state index in [1.54, 1.807) is 36.4 Å². The molecule has 1 N–H and O–H groups in total. The Morgan fingerprint density at radius 2 is 1.92 bits per heavy atom. The number of amides is 1. The van der Waals surface area contributed by atoms with Crippen LogP contribution < -0.4 is 14.8 Å². The average molecular weight is 347 g/mol. The fraction of sp³-hybridized carbons (Fsp3) is 0.150. The number of aryl methyl sites for hydroxylation is 1. The molecule has 1 amide bonds. The zero-order valence-corrected chi connectivity index (χ0v) is 14.4. The zero-order valence-electron chi connectivity index (χ0n) is 14.4. The third-order valence-electron chi connectivity index (χ3n) is 3.46. The molecular formula is C20H17N3O3. The van der Waals surface area contributed by atoms with E-state index in [4.69, 9.17) is 14.7 Å². The van der Waals surface area contributed by atoms with Crippen LogP contribution in [0.5, 0.6) is 11.5 Å². The molecule has 0 unspecified atom stereocenters. The first-order valence-corrected chi connectivity index (χ1v) is 7.75. The van der Waals surface area contributed by atoms with Crippen LogP contribution in [-0.2, 0) is 4.79 Å². The predicted octanol–water partition coefficient (Wildman–Crippen LogP) is 3.45. The van der Waals surface area contributed by atoms with Gasteiger partial charge in [0.25, 0.3) is 5.91 Å². The van der Waals surface area contributed by atoms with Gasteiger partial charge in [0.1, 0.15) is 29.2 Å². The van der Waals surface area contributed by atoms with Gasteiger partial charge in [-0.2, -0.15) is 10.5 Å². The van der Waals surface area contributed by atoms with Gasteiger partial charge in [-0.1, -0.05) is 18.2 Å². The number of nitrogens with one attached hydrogen (secondary N) is 1. The van der Waals surface area contributed by atoms with Crippen molar-refractivity contribution < 1.29 is 14.3 Å². The number of hydrogen-bond acceptors (Lipinski definition) is 5. The normalized spacial score (nSPS) is 10.4. The first-order valence-electron chi connectivity index (χ1n) is 7.75. The van der Waals surface area contributed by atoms with Crippen molar-refractivity contribution in [3.63, 3.8) is 0 Å². The van der Waals surface area contributed by atoms with Gasteiger partial charge in [0.2, 0.25) is 0 Å². The van der Waals surface area contributed by atoms with Gasteiger partial charge in [-0.3, -0.25) is 4.79 Å². The zero-order chi connectivity index (χ0) is 18.9. The minimum Gasteiger partial charge on any atom is -0.495 e. The third kappa shape index (κ3) is 4.86. The summed E-state index contributed by atoms with van der Waals surface area (Å²) < 4.78 is 10.4. The summed E-state index contributed by atoms with van der Waals surface area (Å²) >= 11 is 0. The van der Waals surface area contributed by atoms with Crippen molar-refractivity contribution in [2.45, 2.75) is 6.92 Å². The largest absolute Gasteiger partial charge is 0.495 e. The fourth-order valence-corrected chi connectivity index (χ4v) is 2.20. The number of anilines is 1. The molecule has 26 heavy (non-hydrogen) atoms. The van der Waals surface area contributed by atoms with Crippen LogP contribution in [0.25, 0.3) is 6.08 Å². The highest BCUT2D eigenvalue weighted by molar-refractivity contribution is 6.10. The Bertz CT molecular complexity index is 903. The van der Waals surface area contributed by atoms with Gasteiger partial charge >= 0.3 is 0 Å². The Morgan fingerprint density at radius 3 is 2.54 bits per heavy atom. The monoisotopic (exact) mass is 347 g/mol. The molecule has 0 aliphatic heterocycles. The summed E-state index contributed by atoms with van der Waals surface area (Å²) in [6, 6.07) is 15.9. The van der Waals surface area contributed by atoms with Crippen LogP contribution >= 0.6 is 0 Å². The molecule has 0 atom stereocenters. The molecule has 2 rings (SSSR count). The molecule has 2 aromatic carbocycles. The van der Waals surface area contributed by atoms with Crippen LogP contribution in [0.1, 0.15) is 11.1 Å². The molecule has 0 aliphatic carbocycles. The van der Waals surface area contributed by atoms with Gasteiger partial charge in [-0.05, 0) is 48.4 Å². The molecule has 0 bridgehead atoms. The highest BCUT2D eigenvalue weighted by Gasteiger charge is 2.12. The minimum absolute atomic E-state index is 0.0423. The van der Waals surface area contributed by atoms with E-state index in [0.717, 1.165) is 5.56 Å². The molecule has 6 heteroatoms. The Balaban J connectivity index is 2.18. The van der Waals surface area contributed by atoms with E-state index < -0.39 is 5.91 Å². The van der Waals surface area contributed by atoms with Crippen molar-refractivity contribution >= 4 is 17.7 Å². The second kappa shape index (κ2) is 8.91.